The van der Waals surface area contributed by atoms with Crippen molar-refractivity contribution in [1.82, 2.24) is 5.43 Å². The molecule has 0 radical (unpaired) electrons. The standard InChI is InChI=1S/C18H19FN2O/c1-2-3-13-17(14-9-5-4-6-10-14)20-21-18(22)15-11-7-8-12-16(15)19/h4-12H,2-3,13H2,1H3,(H,21,22). The van der Waals surface area contributed by atoms with Gasteiger partial charge >= 0.3 is 0 Å². The van der Waals surface area contributed by atoms with E-state index in [0.29, 0.717) is 0 Å². The molecule has 0 aromatic heterocycles. The average Bonchev–Trinajstić information content (AvgIpc) is 2.56. The lowest BCUT2D eigenvalue weighted by Gasteiger charge is -2.07. The Morgan fingerprint density at radius 2 is 1.77 bits per heavy atom. The van der Waals surface area contributed by atoms with Gasteiger partial charge in [0.1, 0.15) is 5.82 Å². The van der Waals surface area contributed by atoms with E-state index < -0.39 is 11.7 Å². The van der Waals surface area contributed by atoms with Crippen molar-refractivity contribution in [2.24, 2.45) is 5.10 Å². The summed E-state index contributed by atoms with van der Waals surface area (Å²) >= 11 is 0. The molecular weight excluding hydrogens is 279 g/mol. The Hall–Kier alpha value is -2.49. The molecule has 0 aliphatic rings. The third-order valence-corrected chi connectivity index (χ3v) is 3.29. The Balaban J connectivity index is 2.16. The second-order valence-electron chi connectivity index (χ2n) is 4.95. The lowest BCUT2D eigenvalue weighted by atomic mass is 10.1. The Bertz CT molecular complexity index is 653. The molecule has 0 saturated carbocycles. The molecule has 2 rings (SSSR count). The molecule has 4 heteroatoms. The van der Waals surface area contributed by atoms with Crippen LogP contribution in [-0.4, -0.2) is 11.6 Å². The molecule has 0 saturated heterocycles. The van der Waals surface area contributed by atoms with Gasteiger partial charge in [-0.15, -0.1) is 0 Å². The summed E-state index contributed by atoms with van der Waals surface area (Å²) in [6.45, 7) is 2.10. The Morgan fingerprint density at radius 3 is 2.45 bits per heavy atom. The molecule has 0 fully saturated rings. The Kier molecular flexibility index (Phi) is 5.83. The van der Waals surface area contributed by atoms with Crippen molar-refractivity contribution in [2.45, 2.75) is 26.2 Å². The van der Waals surface area contributed by atoms with Crippen LogP contribution < -0.4 is 5.43 Å². The molecule has 114 valence electrons. The van der Waals surface area contributed by atoms with Gasteiger partial charge in [0.15, 0.2) is 0 Å². The highest BCUT2D eigenvalue weighted by Crippen LogP contribution is 2.09. The quantitative estimate of drug-likeness (QED) is 0.631. The fraction of sp³-hybridized carbons (Fsp3) is 0.222. The summed E-state index contributed by atoms with van der Waals surface area (Å²) in [6.07, 6.45) is 2.77. The van der Waals surface area contributed by atoms with Crippen LogP contribution in [-0.2, 0) is 0 Å². The van der Waals surface area contributed by atoms with E-state index in [-0.39, 0.29) is 5.56 Å². The number of halogens is 1. The lowest BCUT2D eigenvalue weighted by Crippen LogP contribution is -2.21. The molecule has 1 amide bonds. The predicted octanol–water partition coefficient (Wildman–Crippen LogP) is 4.15. The van der Waals surface area contributed by atoms with Gasteiger partial charge in [0.25, 0.3) is 5.91 Å². The van der Waals surface area contributed by atoms with Gasteiger partial charge in [-0.1, -0.05) is 55.8 Å². The summed E-state index contributed by atoms with van der Waals surface area (Å²) < 4.78 is 13.6. The van der Waals surface area contributed by atoms with Gasteiger partial charge < -0.3 is 0 Å². The molecule has 0 bridgehead atoms. The largest absolute Gasteiger partial charge is 0.274 e. The number of hydrogen-bond acceptors (Lipinski definition) is 2. The van der Waals surface area contributed by atoms with Gasteiger partial charge in [-0.25, -0.2) is 9.82 Å². The first-order valence-corrected chi connectivity index (χ1v) is 7.39. The van der Waals surface area contributed by atoms with Gasteiger partial charge in [0, 0.05) is 0 Å². The zero-order chi connectivity index (χ0) is 15.8. The predicted molar refractivity (Wildman–Crippen MR) is 86.4 cm³/mol. The maximum Gasteiger partial charge on any atom is 0.274 e. The van der Waals surface area contributed by atoms with E-state index in [1.54, 1.807) is 12.1 Å². The maximum atomic E-state index is 13.6. The van der Waals surface area contributed by atoms with Crippen LogP contribution in [0, 0.1) is 5.82 Å². The molecule has 0 aliphatic heterocycles. The minimum Gasteiger partial charge on any atom is -0.267 e. The van der Waals surface area contributed by atoms with Crippen LogP contribution in [0.2, 0.25) is 0 Å². The van der Waals surface area contributed by atoms with Crippen LogP contribution in [0.1, 0.15) is 42.1 Å². The number of carbonyl (C=O) groups is 1. The SMILES string of the molecule is CCCCC(=NNC(=O)c1ccccc1F)c1ccccc1. The van der Waals surface area contributed by atoms with E-state index in [1.165, 1.54) is 12.1 Å². The number of hydrazone groups is 1. The third kappa shape index (κ3) is 4.25. The van der Waals surface area contributed by atoms with E-state index in [0.717, 1.165) is 30.5 Å². The van der Waals surface area contributed by atoms with E-state index in [1.807, 2.05) is 30.3 Å². The Labute approximate surface area is 129 Å². The number of hydrogen-bond donors (Lipinski definition) is 1. The smallest absolute Gasteiger partial charge is 0.267 e. The molecule has 3 nitrogen and oxygen atoms in total. The van der Waals surface area contributed by atoms with Gasteiger partial charge in [-0.05, 0) is 30.5 Å². The van der Waals surface area contributed by atoms with Gasteiger partial charge in [-0.2, -0.15) is 5.10 Å². The number of nitrogens with one attached hydrogen (secondary N) is 1. The number of rotatable bonds is 6. The minimum atomic E-state index is -0.551. The van der Waals surface area contributed by atoms with Crippen molar-refractivity contribution >= 4 is 11.6 Å². The molecule has 0 unspecified atom stereocenters. The average molecular weight is 298 g/mol. The zero-order valence-corrected chi connectivity index (χ0v) is 12.6. The summed E-state index contributed by atoms with van der Waals surface area (Å²) in [6, 6.07) is 15.5. The van der Waals surface area contributed by atoms with Crippen LogP contribution in [0.5, 0.6) is 0 Å². The first-order valence-electron chi connectivity index (χ1n) is 7.39. The van der Waals surface area contributed by atoms with Crippen LogP contribution in [0.25, 0.3) is 0 Å². The second-order valence-corrected chi connectivity index (χ2v) is 4.95. The van der Waals surface area contributed by atoms with Crippen LogP contribution in [0.15, 0.2) is 59.7 Å². The summed E-state index contributed by atoms with van der Waals surface area (Å²) in [4.78, 5) is 12.0. The molecule has 2 aromatic rings. The zero-order valence-electron chi connectivity index (χ0n) is 12.6. The molecular formula is C18H19FN2O. The van der Waals surface area contributed by atoms with Crippen LogP contribution >= 0.6 is 0 Å². The lowest BCUT2D eigenvalue weighted by molar-refractivity contribution is 0.0950. The molecule has 2 aromatic carbocycles. The highest BCUT2D eigenvalue weighted by Gasteiger charge is 2.10. The molecule has 0 aliphatic carbocycles. The number of benzene rings is 2. The molecule has 1 N–H and O–H groups in total. The molecule has 0 heterocycles. The van der Waals surface area contributed by atoms with E-state index in [4.69, 9.17) is 0 Å². The van der Waals surface area contributed by atoms with E-state index >= 15 is 0 Å². The normalized spacial score (nSPS) is 11.3. The molecule has 22 heavy (non-hydrogen) atoms. The topological polar surface area (TPSA) is 41.5 Å². The van der Waals surface area contributed by atoms with Gasteiger partial charge in [0.2, 0.25) is 0 Å². The number of nitrogens with zero attached hydrogens (tertiary/aromatic N) is 1. The summed E-state index contributed by atoms with van der Waals surface area (Å²) in [5.74, 6) is -1.09. The van der Waals surface area contributed by atoms with Crippen LogP contribution in [0.3, 0.4) is 0 Å². The first-order chi connectivity index (χ1) is 10.7. The van der Waals surface area contributed by atoms with Crippen molar-refractivity contribution in [1.29, 1.82) is 0 Å². The van der Waals surface area contributed by atoms with Crippen molar-refractivity contribution in [3.63, 3.8) is 0 Å². The van der Waals surface area contributed by atoms with Crippen LogP contribution in [0.4, 0.5) is 4.39 Å². The second kappa shape index (κ2) is 8.08. The minimum absolute atomic E-state index is 0.00541. The number of unbranched alkanes of at least 4 members (excludes halogenated alkanes) is 1. The van der Waals surface area contributed by atoms with E-state index in [2.05, 4.69) is 17.5 Å². The van der Waals surface area contributed by atoms with Crippen molar-refractivity contribution in [3.8, 4) is 0 Å². The number of amides is 1. The molecule has 0 atom stereocenters. The van der Waals surface area contributed by atoms with Gasteiger partial charge in [0.05, 0.1) is 11.3 Å². The summed E-state index contributed by atoms with van der Waals surface area (Å²) in [5, 5.41) is 4.20. The number of carbonyl (C=O) groups excluding carboxylic acids is 1. The van der Waals surface area contributed by atoms with Crippen molar-refractivity contribution in [3.05, 3.63) is 71.5 Å². The fourth-order valence-corrected chi connectivity index (χ4v) is 2.06. The van der Waals surface area contributed by atoms with Crippen molar-refractivity contribution in [2.75, 3.05) is 0 Å². The van der Waals surface area contributed by atoms with Gasteiger partial charge in [-0.3, -0.25) is 4.79 Å². The monoisotopic (exact) mass is 298 g/mol. The highest BCUT2D eigenvalue weighted by molar-refractivity contribution is 6.02. The maximum absolute atomic E-state index is 13.6. The fourth-order valence-electron chi connectivity index (χ4n) is 2.06. The summed E-state index contributed by atoms with van der Waals surface area (Å²) in [7, 11) is 0. The highest BCUT2D eigenvalue weighted by atomic mass is 19.1. The Morgan fingerprint density at radius 1 is 1.09 bits per heavy atom. The molecule has 0 spiro atoms. The third-order valence-electron chi connectivity index (χ3n) is 3.29. The van der Waals surface area contributed by atoms with Crippen molar-refractivity contribution < 1.29 is 9.18 Å². The first kappa shape index (κ1) is 15.9. The summed E-state index contributed by atoms with van der Waals surface area (Å²) in [5.41, 5.74) is 4.21. The van der Waals surface area contributed by atoms with E-state index in [9.17, 15) is 9.18 Å².